The summed E-state index contributed by atoms with van der Waals surface area (Å²) in [6, 6.07) is 4.92. The fourth-order valence-corrected chi connectivity index (χ4v) is 0.853. The van der Waals surface area contributed by atoms with Gasteiger partial charge in [-0.15, -0.1) is 0 Å². The van der Waals surface area contributed by atoms with Crippen LogP contribution in [0, 0.1) is 10.1 Å². The van der Waals surface area contributed by atoms with Crippen LogP contribution in [0.5, 0.6) is 0 Å². The van der Waals surface area contributed by atoms with E-state index in [-0.39, 0.29) is 5.69 Å². The standard InChI is InChI=1S/C8H8N4O3/c9-8(13)11-10-5-6-1-3-7(4-2-6)12(14)15/h1-5H,(H3,9,11,13)/b10-5-. The number of nitro benzene ring substituents is 1. The van der Waals surface area contributed by atoms with Crippen molar-refractivity contribution in [2.45, 2.75) is 0 Å². The molecule has 0 unspecified atom stereocenters. The molecule has 15 heavy (non-hydrogen) atoms. The van der Waals surface area contributed by atoms with Gasteiger partial charge in [-0.2, -0.15) is 5.10 Å². The number of carbonyl (C=O) groups excluding carboxylic acids is 1. The van der Waals surface area contributed by atoms with Crippen molar-refractivity contribution in [3.63, 3.8) is 0 Å². The minimum atomic E-state index is -0.770. The molecule has 0 radical (unpaired) electrons. The average molecular weight is 208 g/mol. The molecule has 7 nitrogen and oxygen atoms in total. The number of nitrogens with two attached hydrogens (primary N) is 1. The molecule has 78 valence electrons. The van der Waals surface area contributed by atoms with E-state index in [0.717, 1.165) is 0 Å². The number of non-ortho nitro benzene ring substituents is 1. The lowest BCUT2D eigenvalue weighted by atomic mass is 10.2. The number of hydrogen-bond donors (Lipinski definition) is 2. The monoisotopic (exact) mass is 208 g/mol. The highest BCUT2D eigenvalue weighted by atomic mass is 16.6. The summed E-state index contributed by atoms with van der Waals surface area (Å²) in [6.07, 6.45) is 1.33. The van der Waals surface area contributed by atoms with Gasteiger partial charge in [0.25, 0.3) is 5.69 Å². The van der Waals surface area contributed by atoms with Crippen LogP contribution in [0.2, 0.25) is 0 Å². The normalized spacial score (nSPS) is 10.1. The summed E-state index contributed by atoms with van der Waals surface area (Å²) in [6.45, 7) is 0. The van der Waals surface area contributed by atoms with E-state index in [1.807, 2.05) is 5.43 Å². The van der Waals surface area contributed by atoms with Crippen LogP contribution < -0.4 is 11.2 Å². The van der Waals surface area contributed by atoms with Gasteiger partial charge in [-0.25, -0.2) is 10.2 Å². The fraction of sp³-hybridized carbons (Fsp3) is 0. The fourth-order valence-electron chi connectivity index (χ4n) is 0.853. The Morgan fingerprint density at radius 2 is 2.07 bits per heavy atom. The molecule has 2 amide bonds. The molecule has 0 saturated heterocycles. The molecular formula is C8H8N4O3. The van der Waals surface area contributed by atoms with Gasteiger partial charge in [-0.05, 0) is 17.7 Å². The number of nitro groups is 1. The number of hydrazone groups is 1. The van der Waals surface area contributed by atoms with Gasteiger partial charge < -0.3 is 5.73 Å². The van der Waals surface area contributed by atoms with Crippen LogP contribution in [0.3, 0.4) is 0 Å². The highest BCUT2D eigenvalue weighted by Crippen LogP contribution is 2.10. The third-order valence-corrected chi connectivity index (χ3v) is 1.49. The van der Waals surface area contributed by atoms with Crippen LogP contribution in [-0.2, 0) is 0 Å². The van der Waals surface area contributed by atoms with Crippen LogP contribution in [0.15, 0.2) is 29.4 Å². The topological polar surface area (TPSA) is 111 Å². The Morgan fingerprint density at radius 3 is 2.53 bits per heavy atom. The second-order valence-electron chi connectivity index (χ2n) is 2.58. The lowest BCUT2D eigenvalue weighted by Gasteiger charge is -1.93. The molecule has 0 aliphatic carbocycles. The Kier molecular flexibility index (Phi) is 3.33. The molecule has 1 aromatic rings. The molecule has 1 aromatic carbocycles. The van der Waals surface area contributed by atoms with Crippen molar-refractivity contribution in [1.29, 1.82) is 0 Å². The lowest BCUT2D eigenvalue weighted by molar-refractivity contribution is -0.384. The molecule has 0 heterocycles. The number of nitrogens with zero attached hydrogens (tertiary/aromatic N) is 2. The molecule has 0 aliphatic heterocycles. The predicted molar refractivity (Wildman–Crippen MR) is 53.4 cm³/mol. The maximum absolute atomic E-state index is 10.3. The highest BCUT2D eigenvalue weighted by Gasteiger charge is 2.02. The van der Waals surface area contributed by atoms with Gasteiger partial charge in [0.2, 0.25) is 0 Å². The maximum Gasteiger partial charge on any atom is 0.332 e. The number of carbonyl (C=O) groups is 1. The first-order valence-electron chi connectivity index (χ1n) is 3.92. The van der Waals surface area contributed by atoms with Gasteiger partial charge in [0, 0.05) is 12.1 Å². The molecule has 0 saturated carbocycles. The van der Waals surface area contributed by atoms with Gasteiger partial charge in [-0.3, -0.25) is 10.1 Å². The summed E-state index contributed by atoms with van der Waals surface area (Å²) in [5, 5.41) is 13.8. The zero-order chi connectivity index (χ0) is 11.3. The maximum atomic E-state index is 10.3. The average Bonchev–Trinajstić information content (AvgIpc) is 2.18. The Hall–Kier alpha value is -2.44. The third kappa shape index (κ3) is 3.43. The zero-order valence-electron chi connectivity index (χ0n) is 7.58. The molecule has 0 aliphatic rings. The summed E-state index contributed by atoms with van der Waals surface area (Å²) in [5.41, 5.74) is 7.39. The van der Waals surface area contributed by atoms with E-state index in [2.05, 4.69) is 5.10 Å². The molecule has 0 bridgehead atoms. The summed E-state index contributed by atoms with van der Waals surface area (Å²) < 4.78 is 0. The summed E-state index contributed by atoms with van der Waals surface area (Å²) in [7, 11) is 0. The number of nitrogens with one attached hydrogen (secondary N) is 1. The van der Waals surface area contributed by atoms with Gasteiger partial charge in [0.1, 0.15) is 0 Å². The molecule has 3 N–H and O–H groups in total. The van der Waals surface area contributed by atoms with Crippen molar-refractivity contribution in [1.82, 2.24) is 5.43 Å². The predicted octanol–water partition coefficient (Wildman–Crippen LogP) is 0.597. The zero-order valence-corrected chi connectivity index (χ0v) is 7.58. The Bertz CT molecular complexity index is 399. The van der Waals surface area contributed by atoms with Gasteiger partial charge in [0.15, 0.2) is 0 Å². The van der Waals surface area contributed by atoms with Crippen LogP contribution in [0.1, 0.15) is 5.56 Å². The minimum Gasteiger partial charge on any atom is -0.350 e. The SMILES string of the molecule is NC(=O)N/N=C\c1ccc([N+](=O)[O-])cc1. The Labute approximate surface area is 84.7 Å². The minimum absolute atomic E-state index is 0.00462. The van der Waals surface area contributed by atoms with E-state index in [1.54, 1.807) is 0 Å². The van der Waals surface area contributed by atoms with Gasteiger partial charge in [-0.1, -0.05) is 0 Å². The number of urea groups is 1. The van der Waals surface area contributed by atoms with Crippen molar-refractivity contribution < 1.29 is 9.72 Å². The van der Waals surface area contributed by atoms with Crippen LogP contribution in [0.4, 0.5) is 10.5 Å². The molecule has 1 rings (SSSR count). The quantitative estimate of drug-likeness (QED) is 0.431. The van der Waals surface area contributed by atoms with Crippen LogP contribution in [-0.4, -0.2) is 17.2 Å². The second kappa shape index (κ2) is 4.70. The molecule has 0 atom stereocenters. The first kappa shape index (κ1) is 10.6. The first-order valence-corrected chi connectivity index (χ1v) is 3.92. The third-order valence-electron chi connectivity index (χ3n) is 1.49. The van der Waals surface area contributed by atoms with Gasteiger partial charge >= 0.3 is 6.03 Å². The largest absolute Gasteiger partial charge is 0.350 e. The molecule has 7 heteroatoms. The molecule has 0 spiro atoms. The van der Waals surface area contributed by atoms with E-state index < -0.39 is 11.0 Å². The highest BCUT2D eigenvalue weighted by molar-refractivity contribution is 5.81. The Morgan fingerprint density at radius 1 is 1.47 bits per heavy atom. The van der Waals surface area contributed by atoms with E-state index >= 15 is 0 Å². The molecule has 0 aromatic heterocycles. The van der Waals surface area contributed by atoms with Crippen molar-refractivity contribution in [3.8, 4) is 0 Å². The lowest BCUT2D eigenvalue weighted by Crippen LogP contribution is -2.24. The van der Waals surface area contributed by atoms with Crippen LogP contribution in [0.25, 0.3) is 0 Å². The van der Waals surface area contributed by atoms with Gasteiger partial charge in [0.05, 0.1) is 11.1 Å². The number of rotatable bonds is 3. The number of hydrogen-bond acceptors (Lipinski definition) is 4. The summed E-state index contributed by atoms with van der Waals surface area (Å²) >= 11 is 0. The van der Waals surface area contributed by atoms with E-state index in [1.165, 1.54) is 30.5 Å². The van der Waals surface area contributed by atoms with Crippen molar-refractivity contribution in [2.24, 2.45) is 10.8 Å². The first-order chi connectivity index (χ1) is 7.09. The van der Waals surface area contributed by atoms with E-state index in [9.17, 15) is 14.9 Å². The van der Waals surface area contributed by atoms with Crippen LogP contribution >= 0.6 is 0 Å². The van der Waals surface area contributed by atoms with Crippen molar-refractivity contribution in [3.05, 3.63) is 39.9 Å². The summed E-state index contributed by atoms with van der Waals surface area (Å²) in [4.78, 5) is 20.1. The summed E-state index contributed by atoms with van der Waals surface area (Å²) in [5.74, 6) is 0. The van der Waals surface area contributed by atoms with E-state index in [4.69, 9.17) is 5.73 Å². The van der Waals surface area contributed by atoms with Crippen molar-refractivity contribution >= 4 is 17.9 Å². The van der Waals surface area contributed by atoms with Crippen molar-refractivity contribution in [2.75, 3.05) is 0 Å². The molecule has 0 fully saturated rings. The molecular weight excluding hydrogens is 200 g/mol. The number of benzene rings is 1. The number of primary amides is 1. The number of amides is 2. The van der Waals surface area contributed by atoms with E-state index in [0.29, 0.717) is 5.56 Å². The smallest absolute Gasteiger partial charge is 0.332 e. The Balaban J connectivity index is 2.68. The second-order valence-corrected chi connectivity index (χ2v) is 2.58.